The summed E-state index contributed by atoms with van der Waals surface area (Å²) in [6.07, 6.45) is -1.40. The molecule has 2 bridgehead atoms. The molecule has 0 spiro atoms. The van der Waals surface area contributed by atoms with Crippen molar-refractivity contribution in [2.45, 2.75) is 12.2 Å². The van der Waals surface area contributed by atoms with Crippen LogP contribution in [0.1, 0.15) is 0 Å². The molecular weight excluding hydrogens is 176 g/mol. The molecule has 2 N–H and O–H groups in total. The first-order valence-corrected chi connectivity index (χ1v) is 4.59. The smallest absolute Gasteiger partial charge is 0.0880 e. The van der Waals surface area contributed by atoms with Crippen molar-refractivity contribution in [2.24, 2.45) is 11.8 Å². The van der Waals surface area contributed by atoms with Gasteiger partial charge in [-0.3, -0.25) is 0 Å². The van der Waals surface area contributed by atoms with Crippen molar-refractivity contribution < 1.29 is 10.2 Å². The molecule has 0 unspecified atom stereocenters. The summed E-state index contributed by atoms with van der Waals surface area (Å²) in [4.78, 5) is 0. The Morgan fingerprint density at radius 3 is 1.86 bits per heavy atom. The second kappa shape index (κ2) is 2.69. The van der Waals surface area contributed by atoms with Gasteiger partial charge in [-0.25, -0.2) is 0 Å². The summed E-state index contributed by atoms with van der Waals surface area (Å²) in [5.41, 5.74) is 2.80. The van der Waals surface area contributed by atoms with Gasteiger partial charge in [-0.1, -0.05) is 26.3 Å². The number of aliphatic hydroxyl groups excluding tert-OH is 2. The van der Waals surface area contributed by atoms with Gasteiger partial charge in [0.2, 0.25) is 0 Å². The van der Waals surface area contributed by atoms with Crippen LogP contribution >= 0.6 is 0 Å². The molecule has 0 heterocycles. The number of hydrogen-bond acceptors (Lipinski definition) is 2. The summed E-state index contributed by atoms with van der Waals surface area (Å²) in [5.74, 6) is -0.533. The molecular formula is C12H14O2. The van der Waals surface area contributed by atoms with E-state index in [0.29, 0.717) is 11.1 Å². The van der Waals surface area contributed by atoms with E-state index in [1.807, 2.05) is 0 Å². The fourth-order valence-electron chi connectivity index (χ4n) is 2.43. The molecule has 0 aromatic heterocycles. The Kier molecular flexibility index (Phi) is 1.81. The maximum absolute atomic E-state index is 9.92. The minimum atomic E-state index is -0.763. The van der Waals surface area contributed by atoms with Gasteiger partial charge in [0.25, 0.3) is 0 Å². The zero-order valence-corrected chi connectivity index (χ0v) is 8.03. The topological polar surface area (TPSA) is 40.5 Å². The second-order valence-corrected chi connectivity index (χ2v) is 4.04. The lowest BCUT2D eigenvalue weighted by molar-refractivity contribution is 0.0355. The Morgan fingerprint density at radius 1 is 0.786 bits per heavy atom. The van der Waals surface area contributed by atoms with Crippen molar-refractivity contribution in [3.8, 4) is 0 Å². The average molecular weight is 190 g/mol. The molecule has 14 heavy (non-hydrogen) atoms. The monoisotopic (exact) mass is 190 g/mol. The number of rotatable bonds is 0. The van der Waals surface area contributed by atoms with Gasteiger partial charge in [0.15, 0.2) is 0 Å². The molecule has 2 aliphatic carbocycles. The third-order valence-electron chi connectivity index (χ3n) is 3.38. The van der Waals surface area contributed by atoms with Crippen molar-refractivity contribution in [3.63, 3.8) is 0 Å². The Labute approximate surface area is 83.6 Å². The third-order valence-corrected chi connectivity index (χ3v) is 3.38. The van der Waals surface area contributed by atoms with Crippen LogP contribution in [0.4, 0.5) is 0 Å². The molecule has 2 nitrogen and oxygen atoms in total. The zero-order valence-electron chi connectivity index (χ0n) is 8.03. The summed E-state index contributed by atoms with van der Waals surface area (Å²) < 4.78 is 0. The van der Waals surface area contributed by atoms with Crippen LogP contribution in [0.25, 0.3) is 0 Å². The Morgan fingerprint density at radius 2 is 1.29 bits per heavy atom. The van der Waals surface area contributed by atoms with E-state index < -0.39 is 12.2 Å². The highest BCUT2D eigenvalue weighted by Crippen LogP contribution is 2.51. The average Bonchev–Trinajstić information content (AvgIpc) is 2.32. The normalized spacial score (nSPS) is 42.1. The lowest BCUT2D eigenvalue weighted by Crippen LogP contribution is -2.38. The summed E-state index contributed by atoms with van der Waals surface area (Å²) in [7, 11) is 0. The summed E-state index contributed by atoms with van der Waals surface area (Å²) in [5, 5.41) is 19.8. The lowest BCUT2D eigenvalue weighted by atomic mass is 9.77. The van der Waals surface area contributed by atoms with Crippen LogP contribution in [-0.4, -0.2) is 22.4 Å². The van der Waals surface area contributed by atoms with E-state index in [-0.39, 0.29) is 11.8 Å². The van der Waals surface area contributed by atoms with Gasteiger partial charge in [0, 0.05) is 11.8 Å². The molecule has 0 saturated heterocycles. The van der Waals surface area contributed by atoms with Crippen LogP contribution in [0.2, 0.25) is 0 Å². The Hall–Kier alpha value is -1.12. The number of aliphatic hydroxyl groups is 2. The van der Waals surface area contributed by atoms with Gasteiger partial charge in [-0.15, -0.1) is 0 Å². The maximum Gasteiger partial charge on any atom is 0.0880 e. The standard InChI is InChI=1S/C12H14O2/c1-5-6(2)10-11(13)8(4)7(3)9(5)12(10)14/h9-14H,1-4H2/t9-,10+,11-,12+/m1/s1. The zero-order chi connectivity index (χ0) is 10.6. The van der Waals surface area contributed by atoms with E-state index in [1.165, 1.54) is 0 Å². The van der Waals surface area contributed by atoms with Crippen LogP contribution in [0, 0.1) is 11.8 Å². The minimum Gasteiger partial charge on any atom is -0.391 e. The molecule has 2 fully saturated rings. The number of hydrogen-bond donors (Lipinski definition) is 2. The van der Waals surface area contributed by atoms with Crippen LogP contribution < -0.4 is 0 Å². The van der Waals surface area contributed by atoms with Crippen molar-refractivity contribution in [1.82, 2.24) is 0 Å². The van der Waals surface area contributed by atoms with Crippen LogP contribution in [0.15, 0.2) is 48.6 Å². The number of fused-ring (bicyclic) bond motifs is 2. The van der Waals surface area contributed by atoms with Gasteiger partial charge in [-0.2, -0.15) is 0 Å². The first kappa shape index (κ1) is 9.44. The van der Waals surface area contributed by atoms with E-state index in [0.717, 1.165) is 11.1 Å². The van der Waals surface area contributed by atoms with E-state index >= 15 is 0 Å². The predicted molar refractivity (Wildman–Crippen MR) is 55.6 cm³/mol. The van der Waals surface area contributed by atoms with Gasteiger partial charge < -0.3 is 10.2 Å². The van der Waals surface area contributed by atoms with Crippen LogP contribution in [0.5, 0.6) is 0 Å². The van der Waals surface area contributed by atoms with Gasteiger partial charge >= 0.3 is 0 Å². The summed E-state index contributed by atoms with van der Waals surface area (Å²) in [6, 6.07) is 0. The molecule has 0 aliphatic heterocycles. The molecule has 0 aromatic rings. The minimum absolute atomic E-state index is 0.191. The quantitative estimate of drug-likeness (QED) is 0.602. The molecule has 2 heteroatoms. The first-order chi connectivity index (χ1) is 6.46. The molecule has 0 amide bonds. The molecule has 2 rings (SSSR count). The van der Waals surface area contributed by atoms with Crippen molar-refractivity contribution in [3.05, 3.63) is 48.6 Å². The molecule has 4 atom stereocenters. The van der Waals surface area contributed by atoms with Crippen molar-refractivity contribution >= 4 is 0 Å². The highest BCUT2D eigenvalue weighted by atomic mass is 16.3. The Bertz CT molecular complexity index is 365. The highest BCUT2D eigenvalue weighted by Gasteiger charge is 2.50. The van der Waals surface area contributed by atoms with Crippen molar-refractivity contribution in [1.29, 1.82) is 0 Å². The Balaban J connectivity index is 2.55. The molecule has 2 saturated carbocycles. The first-order valence-electron chi connectivity index (χ1n) is 4.59. The third kappa shape index (κ3) is 0.873. The fraction of sp³-hybridized carbons (Fsp3) is 0.333. The summed E-state index contributed by atoms with van der Waals surface area (Å²) in [6.45, 7) is 15.3. The fourth-order valence-corrected chi connectivity index (χ4v) is 2.43. The summed E-state index contributed by atoms with van der Waals surface area (Å²) >= 11 is 0. The molecule has 74 valence electrons. The van der Waals surface area contributed by atoms with Gasteiger partial charge in [0.1, 0.15) is 0 Å². The van der Waals surface area contributed by atoms with E-state index in [1.54, 1.807) is 0 Å². The van der Waals surface area contributed by atoms with Crippen LogP contribution in [-0.2, 0) is 0 Å². The van der Waals surface area contributed by atoms with E-state index in [2.05, 4.69) is 26.3 Å². The van der Waals surface area contributed by atoms with Gasteiger partial charge in [0.05, 0.1) is 12.2 Å². The predicted octanol–water partition coefficient (Wildman–Crippen LogP) is 1.19. The second-order valence-electron chi connectivity index (χ2n) is 4.04. The highest BCUT2D eigenvalue weighted by molar-refractivity contribution is 5.54. The molecule has 2 aliphatic rings. The molecule has 0 radical (unpaired) electrons. The largest absolute Gasteiger partial charge is 0.391 e. The van der Waals surface area contributed by atoms with Crippen molar-refractivity contribution in [2.75, 3.05) is 0 Å². The SMILES string of the molecule is C=C1C(=C)[C@@H]2[C@@H](O)[C@H]1C(=C)C(=C)[C@H]2O. The van der Waals surface area contributed by atoms with Crippen LogP contribution in [0.3, 0.4) is 0 Å². The molecule has 0 aromatic carbocycles. The maximum atomic E-state index is 9.92. The van der Waals surface area contributed by atoms with E-state index in [4.69, 9.17) is 0 Å². The lowest BCUT2D eigenvalue weighted by Gasteiger charge is -2.33. The van der Waals surface area contributed by atoms with Gasteiger partial charge in [-0.05, 0) is 22.3 Å². The van der Waals surface area contributed by atoms with E-state index in [9.17, 15) is 10.2 Å².